The molecule has 1 unspecified atom stereocenters. The van der Waals surface area contributed by atoms with E-state index in [1.807, 2.05) is 13.8 Å². The topological polar surface area (TPSA) is 63.3 Å². The van der Waals surface area contributed by atoms with Gasteiger partial charge in [-0.2, -0.15) is 0 Å². The molecule has 0 aromatic carbocycles. The highest BCUT2D eigenvalue weighted by Gasteiger charge is 2.06. The summed E-state index contributed by atoms with van der Waals surface area (Å²) in [6, 6.07) is -0.161. The summed E-state index contributed by atoms with van der Waals surface area (Å²) in [5.74, 6) is -0.620. The van der Waals surface area contributed by atoms with E-state index in [1.54, 1.807) is 13.0 Å². The molecule has 0 radical (unpaired) electrons. The van der Waals surface area contributed by atoms with E-state index in [0.29, 0.717) is 5.57 Å². The Morgan fingerprint density at radius 1 is 1.55 bits per heavy atom. The van der Waals surface area contributed by atoms with Crippen molar-refractivity contribution in [3.63, 3.8) is 0 Å². The van der Waals surface area contributed by atoms with Crippen LogP contribution in [0.15, 0.2) is 11.6 Å². The van der Waals surface area contributed by atoms with Gasteiger partial charge in [0.25, 0.3) is 0 Å². The fraction of sp³-hybridized carbons (Fsp3) is 0.625. The summed E-state index contributed by atoms with van der Waals surface area (Å²) in [5, 5.41) is 8.49. The Morgan fingerprint density at radius 2 is 2.00 bits per heavy atom. The van der Waals surface area contributed by atoms with Crippen LogP contribution in [0, 0.1) is 5.92 Å². The number of aliphatic carboxylic acids is 1. The first-order valence-corrected chi connectivity index (χ1v) is 3.62. The lowest BCUT2D eigenvalue weighted by molar-refractivity contribution is -0.132. The molecule has 0 bridgehead atoms. The van der Waals surface area contributed by atoms with Gasteiger partial charge < -0.3 is 10.8 Å². The minimum absolute atomic E-state index is 0.161. The van der Waals surface area contributed by atoms with Crippen LogP contribution in [0.2, 0.25) is 0 Å². The Labute approximate surface area is 66.9 Å². The molecule has 0 spiro atoms. The molecule has 0 heterocycles. The van der Waals surface area contributed by atoms with Crippen molar-refractivity contribution in [2.24, 2.45) is 11.7 Å². The largest absolute Gasteiger partial charge is 0.478 e. The molecule has 0 rings (SSSR count). The molecular weight excluding hydrogens is 142 g/mol. The van der Waals surface area contributed by atoms with Crippen molar-refractivity contribution >= 4 is 5.97 Å². The van der Waals surface area contributed by atoms with Crippen LogP contribution in [-0.2, 0) is 4.79 Å². The van der Waals surface area contributed by atoms with E-state index >= 15 is 0 Å². The van der Waals surface area contributed by atoms with Crippen LogP contribution in [0.5, 0.6) is 0 Å². The summed E-state index contributed by atoms with van der Waals surface area (Å²) in [5.41, 5.74) is 5.93. The molecule has 3 heteroatoms. The standard InChI is InChI=1S/C8H15NO2/c1-5(2)7(9)4-6(3)8(10)11/h4-5,7H,9H2,1-3H3,(H,10,11). The zero-order chi connectivity index (χ0) is 9.02. The van der Waals surface area contributed by atoms with Gasteiger partial charge >= 0.3 is 5.97 Å². The fourth-order valence-corrected chi connectivity index (χ4v) is 0.552. The molecule has 0 aliphatic carbocycles. The highest BCUT2D eigenvalue weighted by molar-refractivity contribution is 5.85. The summed E-state index contributed by atoms with van der Waals surface area (Å²) in [6.45, 7) is 5.46. The van der Waals surface area contributed by atoms with E-state index in [-0.39, 0.29) is 12.0 Å². The lowest BCUT2D eigenvalue weighted by atomic mass is 10.0. The maximum Gasteiger partial charge on any atom is 0.331 e. The van der Waals surface area contributed by atoms with Gasteiger partial charge in [0.2, 0.25) is 0 Å². The maximum atomic E-state index is 10.3. The van der Waals surface area contributed by atoms with Crippen molar-refractivity contribution in [1.29, 1.82) is 0 Å². The first-order chi connectivity index (χ1) is 4.95. The van der Waals surface area contributed by atoms with E-state index in [1.165, 1.54) is 0 Å². The summed E-state index contributed by atoms with van der Waals surface area (Å²) in [7, 11) is 0. The fourth-order valence-electron chi connectivity index (χ4n) is 0.552. The second kappa shape index (κ2) is 4.13. The van der Waals surface area contributed by atoms with Gasteiger partial charge in [0.1, 0.15) is 0 Å². The summed E-state index contributed by atoms with van der Waals surface area (Å²) in [4.78, 5) is 10.3. The van der Waals surface area contributed by atoms with E-state index in [4.69, 9.17) is 10.8 Å². The van der Waals surface area contributed by atoms with Crippen molar-refractivity contribution in [2.75, 3.05) is 0 Å². The Morgan fingerprint density at radius 3 is 2.27 bits per heavy atom. The van der Waals surface area contributed by atoms with Gasteiger partial charge in [-0.15, -0.1) is 0 Å². The van der Waals surface area contributed by atoms with Crippen molar-refractivity contribution in [3.05, 3.63) is 11.6 Å². The average Bonchev–Trinajstić information content (AvgIpc) is 1.87. The summed E-state index contributed by atoms with van der Waals surface area (Å²) < 4.78 is 0. The molecule has 0 aromatic heterocycles. The molecular formula is C8H15NO2. The van der Waals surface area contributed by atoms with Crippen LogP contribution >= 0.6 is 0 Å². The van der Waals surface area contributed by atoms with Gasteiger partial charge in [-0.05, 0) is 12.8 Å². The molecule has 11 heavy (non-hydrogen) atoms. The van der Waals surface area contributed by atoms with Gasteiger partial charge in [0.05, 0.1) is 0 Å². The monoisotopic (exact) mass is 157 g/mol. The minimum Gasteiger partial charge on any atom is -0.478 e. The van der Waals surface area contributed by atoms with Crippen LogP contribution < -0.4 is 5.73 Å². The second-order valence-electron chi connectivity index (χ2n) is 2.98. The van der Waals surface area contributed by atoms with Gasteiger partial charge in [-0.1, -0.05) is 19.9 Å². The first-order valence-electron chi connectivity index (χ1n) is 3.62. The number of carbonyl (C=O) groups is 1. The van der Waals surface area contributed by atoms with Crippen molar-refractivity contribution in [2.45, 2.75) is 26.8 Å². The molecule has 0 aliphatic rings. The number of carboxylic acid groups (broad SMARTS) is 1. The summed E-state index contributed by atoms with van der Waals surface area (Å²) >= 11 is 0. The molecule has 0 aromatic rings. The maximum absolute atomic E-state index is 10.3. The van der Waals surface area contributed by atoms with E-state index in [2.05, 4.69) is 0 Å². The van der Waals surface area contributed by atoms with Crippen LogP contribution in [0.1, 0.15) is 20.8 Å². The number of hydrogen-bond acceptors (Lipinski definition) is 2. The van der Waals surface area contributed by atoms with Crippen LogP contribution in [0.3, 0.4) is 0 Å². The minimum atomic E-state index is -0.902. The van der Waals surface area contributed by atoms with Crippen LogP contribution in [0.4, 0.5) is 0 Å². The molecule has 0 saturated heterocycles. The molecule has 0 aliphatic heterocycles. The molecule has 3 nitrogen and oxygen atoms in total. The predicted octanol–water partition coefficient (Wildman–Crippen LogP) is 1.00. The Bertz CT molecular complexity index is 173. The van der Waals surface area contributed by atoms with Gasteiger partial charge in [0.15, 0.2) is 0 Å². The lowest BCUT2D eigenvalue weighted by Crippen LogP contribution is -2.24. The summed E-state index contributed by atoms with van der Waals surface area (Å²) in [6.07, 6.45) is 1.58. The third kappa shape index (κ3) is 3.78. The first kappa shape index (κ1) is 10.2. The molecule has 1 atom stereocenters. The van der Waals surface area contributed by atoms with Crippen molar-refractivity contribution < 1.29 is 9.90 Å². The highest BCUT2D eigenvalue weighted by Crippen LogP contribution is 2.03. The van der Waals surface area contributed by atoms with Crippen molar-refractivity contribution in [3.8, 4) is 0 Å². The zero-order valence-electron chi connectivity index (χ0n) is 7.16. The smallest absolute Gasteiger partial charge is 0.331 e. The van der Waals surface area contributed by atoms with Crippen LogP contribution in [-0.4, -0.2) is 17.1 Å². The lowest BCUT2D eigenvalue weighted by Gasteiger charge is -2.10. The second-order valence-corrected chi connectivity index (χ2v) is 2.98. The average molecular weight is 157 g/mol. The Balaban J connectivity index is 4.19. The van der Waals surface area contributed by atoms with Gasteiger partial charge in [0, 0.05) is 11.6 Å². The van der Waals surface area contributed by atoms with Crippen molar-refractivity contribution in [1.82, 2.24) is 0 Å². The molecule has 0 saturated carbocycles. The predicted molar refractivity (Wildman–Crippen MR) is 44.2 cm³/mol. The molecule has 0 amide bonds. The Hall–Kier alpha value is -0.830. The molecule has 64 valence electrons. The van der Waals surface area contributed by atoms with Gasteiger partial charge in [-0.25, -0.2) is 4.79 Å². The Kier molecular flexibility index (Phi) is 3.82. The van der Waals surface area contributed by atoms with E-state index in [0.717, 1.165) is 0 Å². The number of hydrogen-bond donors (Lipinski definition) is 2. The van der Waals surface area contributed by atoms with Crippen LogP contribution in [0.25, 0.3) is 0 Å². The number of rotatable bonds is 3. The molecule has 0 fully saturated rings. The quantitative estimate of drug-likeness (QED) is 0.601. The number of nitrogens with two attached hydrogens (primary N) is 1. The SMILES string of the molecule is CC(=CC(N)C(C)C)C(=O)O. The zero-order valence-corrected chi connectivity index (χ0v) is 7.16. The van der Waals surface area contributed by atoms with E-state index < -0.39 is 5.97 Å². The molecule has 3 N–H and O–H groups in total. The normalized spacial score (nSPS) is 15.2. The third-order valence-electron chi connectivity index (χ3n) is 1.55. The third-order valence-corrected chi connectivity index (χ3v) is 1.55. The number of carboxylic acids is 1. The highest BCUT2D eigenvalue weighted by atomic mass is 16.4. The van der Waals surface area contributed by atoms with Gasteiger partial charge in [-0.3, -0.25) is 0 Å². The van der Waals surface area contributed by atoms with E-state index in [9.17, 15) is 4.79 Å².